The van der Waals surface area contributed by atoms with Crippen LogP contribution in [0.15, 0.2) is 47.5 Å². The van der Waals surface area contributed by atoms with Crippen molar-refractivity contribution in [1.82, 2.24) is 14.6 Å². The van der Waals surface area contributed by atoms with Crippen LogP contribution in [0.4, 0.5) is 0 Å². The molecule has 148 valence electrons. The van der Waals surface area contributed by atoms with Crippen molar-refractivity contribution in [1.29, 1.82) is 0 Å². The number of pyridine rings is 1. The summed E-state index contributed by atoms with van der Waals surface area (Å²) in [6.07, 6.45) is 1.08. The number of hydrogen-bond acceptors (Lipinski definition) is 5. The second-order valence-electron chi connectivity index (χ2n) is 6.78. The third-order valence-electron chi connectivity index (χ3n) is 4.83. The summed E-state index contributed by atoms with van der Waals surface area (Å²) >= 11 is 5.75. The molecule has 0 spiro atoms. The molecule has 2 aromatic rings. The van der Waals surface area contributed by atoms with Crippen LogP contribution in [-0.4, -0.2) is 36.7 Å². The lowest BCUT2D eigenvalue weighted by atomic mass is 10.1. The van der Waals surface area contributed by atoms with E-state index in [-0.39, 0.29) is 35.0 Å². The minimum atomic E-state index is -4.10. The molecule has 0 aliphatic carbocycles. The number of aromatic nitrogens is 1. The summed E-state index contributed by atoms with van der Waals surface area (Å²) < 4.78 is 27.1. The summed E-state index contributed by atoms with van der Waals surface area (Å²) in [5.41, 5.74) is 1.33. The molecule has 1 N–H and O–H groups in total. The number of amides is 2. The van der Waals surface area contributed by atoms with Gasteiger partial charge in [0.25, 0.3) is 10.0 Å². The van der Waals surface area contributed by atoms with Gasteiger partial charge in [0.15, 0.2) is 0 Å². The molecule has 2 unspecified atom stereocenters. The van der Waals surface area contributed by atoms with Crippen LogP contribution in [-0.2, 0) is 19.6 Å². The third-order valence-corrected chi connectivity index (χ3v) is 6.52. The van der Waals surface area contributed by atoms with Crippen molar-refractivity contribution in [3.8, 4) is 0 Å². The average Bonchev–Trinajstić information content (AvgIpc) is 3.03. The Bertz CT molecular complexity index is 1010. The van der Waals surface area contributed by atoms with E-state index in [0.717, 1.165) is 11.8 Å². The first-order chi connectivity index (χ1) is 13.2. The normalized spacial score (nSPS) is 18.2. The van der Waals surface area contributed by atoms with Crippen LogP contribution < -0.4 is 4.72 Å². The number of carbonyl (C=O) groups is 2. The fourth-order valence-electron chi connectivity index (χ4n) is 3.25. The van der Waals surface area contributed by atoms with Crippen LogP contribution >= 0.6 is 11.6 Å². The lowest BCUT2D eigenvalue weighted by Gasteiger charge is -2.25. The Hall–Kier alpha value is -2.45. The Morgan fingerprint density at radius 2 is 2.00 bits per heavy atom. The second kappa shape index (κ2) is 7.89. The van der Waals surface area contributed by atoms with Crippen molar-refractivity contribution in [2.75, 3.05) is 6.54 Å². The van der Waals surface area contributed by atoms with Crippen molar-refractivity contribution in [2.24, 2.45) is 5.92 Å². The van der Waals surface area contributed by atoms with E-state index in [4.69, 9.17) is 11.6 Å². The van der Waals surface area contributed by atoms with Crippen LogP contribution in [0.25, 0.3) is 0 Å². The lowest BCUT2D eigenvalue weighted by molar-refractivity contribution is -0.130. The first-order valence-corrected chi connectivity index (χ1v) is 10.6. The fourth-order valence-corrected chi connectivity index (χ4v) is 4.68. The SMILES string of the molecule is Cc1cc(Cl)ncc1S(=O)(=O)NC(=O)C1CC(=O)N(C(C)c2ccccc2)C1. The quantitative estimate of drug-likeness (QED) is 0.748. The first-order valence-electron chi connectivity index (χ1n) is 8.72. The van der Waals surface area contributed by atoms with Gasteiger partial charge in [-0.2, -0.15) is 0 Å². The molecule has 3 rings (SSSR count). The van der Waals surface area contributed by atoms with Gasteiger partial charge in [0.1, 0.15) is 10.0 Å². The monoisotopic (exact) mass is 421 g/mol. The van der Waals surface area contributed by atoms with Gasteiger partial charge in [-0.25, -0.2) is 18.1 Å². The molecule has 28 heavy (non-hydrogen) atoms. The average molecular weight is 422 g/mol. The lowest BCUT2D eigenvalue weighted by Crippen LogP contribution is -2.37. The molecule has 1 aromatic heterocycles. The maximum Gasteiger partial charge on any atom is 0.265 e. The maximum absolute atomic E-state index is 12.5. The Balaban J connectivity index is 1.72. The predicted octanol–water partition coefficient (Wildman–Crippen LogP) is 2.46. The molecule has 2 heterocycles. The molecule has 0 radical (unpaired) electrons. The highest BCUT2D eigenvalue weighted by molar-refractivity contribution is 7.90. The van der Waals surface area contributed by atoms with Crippen molar-refractivity contribution < 1.29 is 18.0 Å². The number of likely N-dealkylation sites (tertiary alicyclic amines) is 1. The van der Waals surface area contributed by atoms with Gasteiger partial charge >= 0.3 is 0 Å². The predicted molar refractivity (Wildman–Crippen MR) is 104 cm³/mol. The molecule has 2 amide bonds. The highest BCUT2D eigenvalue weighted by Crippen LogP contribution is 2.29. The molecular formula is C19H20ClN3O4S. The molecule has 9 heteroatoms. The van der Waals surface area contributed by atoms with E-state index in [1.54, 1.807) is 11.8 Å². The molecule has 1 aliphatic heterocycles. The van der Waals surface area contributed by atoms with Crippen LogP contribution in [0.5, 0.6) is 0 Å². The Kier molecular flexibility index (Phi) is 5.71. The van der Waals surface area contributed by atoms with E-state index in [2.05, 4.69) is 9.71 Å². The molecule has 1 aliphatic rings. The summed E-state index contributed by atoms with van der Waals surface area (Å²) in [6.45, 7) is 3.61. The number of nitrogens with one attached hydrogen (secondary N) is 1. The second-order valence-corrected chi connectivity index (χ2v) is 8.81. The van der Waals surface area contributed by atoms with Crippen LogP contribution in [0.1, 0.15) is 30.5 Å². The van der Waals surface area contributed by atoms with Gasteiger partial charge in [-0.05, 0) is 31.0 Å². The number of sulfonamides is 1. The zero-order chi connectivity index (χ0) is 20.5. The molecular weight excluding hydrogens is 402 g/mol. The highest BCUT2D eigenvalue weighted by atomic mass is 35.5. The van der Waals surface area contributed by atoms with Crippen molar-refractivity contribution in [3.63, 3.8) is 0 Å². The van der Waals surface area contributed by atoms with E-state index in [1.807, 2.05) is 37.3 Å². The number of rotatable bonds is 5. The van der Waals surface area contributed by atoms with E-state index in [1.165, 1.54) is 6.07 Å². The summed E-state index contributed by atoms with van der Waals surface area (Å²) in [5, 5.41) is 0.162. The van der Waals surface area contributed by atoms with Gasteiger partial charge < -0.3 is 4.90 Å². The minimum absolute atomic E-state index is 0.0314. The van der Waals surface area contributed by atoms with Crippen LogP contribution in [0, 0.1) is 12.8 Å². The van der Waals surface area contributed by atoms with E-state index < -0.39 is 21.8 Å². The molecule has 7 nitrogen and oxygen atoms in total. The number of halogens is 1. The minimum Gasteiger partial charge on any atom is -0.335 e. The summed E-state index contributed by atoms with van der Waals surface area (Å²) in [4.78, 5) is 30.2. The zero-order valence-electron chi connectivity index (χ0n) is 15.4. The van der Waals surface area contributed by atoms with E-state index in [0.29, 0.717) is 5.56 Å². The largest absolute Gasteiger partial charge is 0.335 e. The van der Waals surface area contributed by atoms with Crippen molar-refractivity contribution in [2.45, 2.75) is 31.2 Å². The maximum atomic E-state index is 12.5. The van der Waals surface area contributed by atoms with Gasteiger partial charge in [0.05, 0.1) is 12.0 Å². The van der Waals surface area contributed by atoms with Gasteiger partial charge in [-0.3, -0.25) is 9.59 Å². The molecule has 2 atom stereocenters. The molecule has 1 aromatic carbocycles. The zero-order valence-corrected chi connectivity index (χ0v) is 17.0. The van der Waals surface area contributed by atoms with Gasteiger partial charge in [0, 0.05) is 19.2 Å². The number of benzene rings is 1. The van der Waals surface area contributed by atoms with Crippen molar-refractivity contribution >= 4 is 33.4 Å². The number of nitrogens with zero attached hydrogens (tertiary/aromatic N) is 2. The molecule has 1 saturated heterocycles. The number of aryl methyl sites for hydroxylation is 1. The van der Waals surface area contributed by atoms with Gasteiger partial charge in [0.2, 0.25) is 11.8 Å². The van der Waals surface area contributed by atoms with Crippen molar-refractivity contribution in [3.05, 3.63) is 58.9 Å². The van der Waals surface area contributed by atoms with E-state index in [9.17, 15) is 18.0 Å². The molecule has 0 saturated carbocycles. The van der Waals surface area contributed by atoms with Gasteiger partial charge in [-0.1, -0.05) is 41.9 Å². The number of carbonyl (C=O) groups excluding carboxylic acids is 2. The van der Waals surface area contributed by atoms with Crippen LogP contribution in [0.3, 0.4) is 0 Å². The Morgan fingerprint density at radius 3 is 2.64 bits per heavy atom. The first kappa shape index (κ1) is 20.3. The molecule has 1 fully saturated rings. The van der Waals surface area contributed by atoms with E-state index >= 15 is 0 Å². The molecule has 0 bridgehead atoms. The standard InChI is InChI=1S/C19H20ClN3O4S/c1-12-8-17(20)21-10-16(12)28(26,27)22-19(25)15-9-18(24)23(11-15)13(2)14-6-4-3-5-7-14/h3-8,10,13,15H,9,11H2,1-2H3,(H,22,25). The smallest absolute Gasteiger partial charge is 0.265 e. The summed E-state index contributed by atoms with van der Waals surface area (Å²) in [7, 11) is -4.10. The van der Waals surface area contributed by atoms with Gasteiger partial charge in [-0.15, -0.1) is 0 Å². The highest BCUT2D eigenvalue weighted by Gasteiger charge is 2.38. The summed E-state index contributed by atoms with van der Waals surface area (Å²) in [6, 6.07) is 10.7. The Morgan fingerprint density at radius 1 is 1.32 bits per heavy atom. The summed E-state index contributed by atoms with van der Waals surface area (Å²) in [5.74, 6) is -1.63. The topological polar surface area (TPSA) is 96.4 Å². The fraction of sp³-hybridized carbons (Fsp3) is 0.316. The number of hydrogen-bond donors (Lipinski definition) is 1. The Labute approximate surface area is 168 Å². The third kappa shape index (κ3) is 4.18. The van der Waals surface area contributed by atoms with Crippen LogP contribution in [0.2, 0.25) is 5.15 Å².